The highest BCUT2D eigenvalue weighted by Crippen LogP contribution is 2.28. The maximum Gasteiger partial charge on any atom is 0.209 e. The van der Waals surface area contributed by atoms with Crippen LogP contribution in [0.4, 0.5) is 5.95 Å². The standard InChI is InChI=1S/C28H31N5O2/c1-29-27(33(2)28-31-23-14-20-16-30-17-21(20)15-24(23)32-28)25(34)13-18-9-11-19(12-10-18)22-7-5-4-6-8-26(22)35-3/h4-5,7-12,14-15,29-30,34H,6,13,16-17H2,1-3H3,(H,31,32)/b27-25-. The van der Waals surface area contributed by atoms with Crippen molar-refractivity contribution in [1.82, 2.24) is 20.6 Å². The number of ether oxygens (including phenoxy) is 1. The van der Waals surface area contributed by atoms with Gasteiger partial charge in [0.25, 0.3) is 0 Å². The summed E-state index contributed by atoms with van der Waals surface area (Å²) in [6.45, 7) is 1.76. The predicted molar refractivity (Wildman–Crippen MR) is 141 cm³/mol. The van der Waals surface area contributed by atoms with Crippen LogP contribution >= 0.6 is 0 Å². The summed E-state index contributed by atoms with van der Waals surface area (Å²) in [4.78, 5) is 10.0. The number of rotatable bonds is 7. The number of aromatic amines is 1. The minimum absolute atomic E-state index is 0.240. The zero-order valence-electron chi connectivity index (χ0n) is 20.4. The van der Waals surface area contributed by atoms with Crippen LogP contribution < -0.4 is 15.5 Å². The molecule has 7 nitrogen and oxygen atoms in total. The fraction of sp³-hybridized carbons (Fsp3) is 0.250. The van der Waals surface area contributed by atoms with Crippen LogP contribution in [0.3, 0.4) is 0 Å². The van der Waals surface area contributed by atoms with Gasteiger partial charge in [-0.05, 0) is 46.9 Å². The molecule has 0 fully saturated rings. The second-order valence-corrected chi connectivity index (χ2v) is 8.80. The average Bonchev–Trinajstić information content (AvgIpc) is 3.42. The lowest BCUT2D eigenvalue weighted by atomic mass is 10.0. The molecule has 1 aliphatic heterocycles. The van der Waals surface area contributed by atoms with Gasteiger partial charge in [0.1, 0.15) is 17.3 Å². The quantitative estimate of drug-likeness (QED) is 0.377. The molecule has 180 valence electrons. The summed E-state index contributed by atoms with van der Waals surface area (Å²) >= 11 is 0. The molecule has 5 rings (SSSR count). The molecule has 7 heteroatoms. The molecule has 1 aliphatic carbocycles. The van der Waals surface area contributed by atoms with E-state index in [1.807, 2.05) is 24.1 Å². The van der Waals surface area contributed by atoms with E-state index in [-0.39, 0.29) is 5.76 Å². The first-order chi connectivity index (χ1) is 17.1. The van der Waals surface area contributed by atoms with Crippen molar-refractivity contribution >= 4 is 22.6 Å². The summed E-state index contributed by atoms with van der Waals surface area (Å²) in [6, 6.07) is 12.5. The number of methoxy groups -OCH3 is 1. The van der Waals surface area contributed by atoms with E-state index >= 15 is 0 Å². The molecule has 0 saturated heterocycles. The molecule has 0 spiro atoms. The molecule has 0 atom stereocenters. The molecule has 0 bridgehead atoms. The van der Waals surface area contributed by atoms with Crippen molar-refractivity contribution in [2.24, 2.45) is 0 Å². The molecule has 2 aliphatic rings. The second-order valence-electron chi connectivity index (χ2n) is 8.80. The highest BCUT2D eigenvalue weighted by molar-refractivity contribution is 5.80. The van der Waals surface area contributed by atoms with Crippen molar-refractivity contribution in [1.29, 1.82) is 0 Å². The second kappa shape index (κ2) is 9.72. The molecule has 0 unspecified atom stereocenters. The Morgan fingerprint density at radius 2 is 1.94 bits per heavy atom. The van der Waals surface area contributed by atoms with Crippen LogP contribution in [-0.2, 0) is 24.2 Å². The Labute approximate surface area is 205 Å². The van der Waals surface area contributed by atoms with Gasteiger partial charge in [-0.1, -0.05) is 42.5 Å². The topological polar surface area (TPSA) is 85.4 Å². The van der Waals surface area contributed by atoms with E-state index in [1.54, 1.807) is 14.2 Å². The lowest BCUT2D eigenvalue weighted by Gasteiger charge is -2.21. The van der Waals surface area contributed by atoms with Gasteiger partial charge < -0.3 is 25.5 Å². The van der Waals surface area contributed by atoms with Crippen LogP contribution in [-0.4, -0.2) is 36.3 Å². The maximum atomic E-state index is 11.0. The third-order valence-corrected chi connectivity index (χ3v) is 6.55. The summed E-state index contributed by atoms with van der Waals surface area (Å²) in [5.74, 6) is 2.39. The zero-order valence-corrected chi connectivity index (χ0v) is 20.4. The van der Waals surface area contributed by atoms with Crippen molar-refractivity contribution < 1.29 is 9.84 Å². The number of aromatic nitrogens is 2. The number of hydrogen-bond donors (Lipinski definition) is 4. The number of hydrogen-bond acceptors (Lipinski definition) is 6. The molecular weight excluding hydrogens is 438 g/mol. The van der Waals surface area contributed by atoms with Crippen molar-refractivity contribution in [3.05, 3.63) is 100 Å². The van der Waals surface area contributed by atoms with E-state index in [4.69, 9.17) is 9.72 Å². The summed E-state index contributed by atoms with van der Waals surface area (Å²) in [5, 5.41) is 17.5. The van der Waals surface area contributed by atoms with Gasteiger partial charge in [-0.25, -0.2) is 4.98 Å². The molecule has 0 radical (unpaired) electrons. The Morgan fingerprint density at radius 3 is 2.69 bits per heavy atom. The number of imidazole rings is 1. The zero-order chi connectivity index (χ0) is 24.4. The number of fused-ring (bicyclic) bond motifs is 2. The number of aliphatic hydroxyl groups excluding tert-OH is 1. The first-order valence-electron chi connectivity index (χ1n) is 11.8. The molecule has 35 heavy (non-hydrogen) atoms. The average molecular weight is 470 g/mol. The van der Waals surface area contributed by atoms with E-state index in [9.17, 15) is 5.11 Å². The van der Waals surface area contributed by atoms with E-state index in [2.05, 4.69) is 64.2 Å². The van der Waals surface area contributed by atoms with Crippen LogP contribution in [0.15, 0.2) is 78.0 Å². The number of aliphatic hydroxyl groups is 1. The lowest BCUT2D eigenvalue weighted by Crippen LogP contribution is -2.29. The Morgan fingerprint density at radius 1 is 1.17 bits per heavy atom. The Kier molecular flexibility index (Phi) is 6.33. The van der Waals surface area contributed by atoms with Gasteiger partial charge >= 0.3 is 0 Å². The molecule has 2 aromatic carbocycles. The first-order valence-corrected chi connectivity index (χ1v) is 11.8. The van der Waals surface area contributed by atoms with Crippen molar-refractivity contribution in [2.75, 3.05) is 26.1 Å². The summed E-state index contributed by atoms with van der Waals surface area (Å²) in [6.07, 6.45) is 9.55. The van der Waals surface area contributed by atoms with Crippen LogP contribution in [0, 0.1) is 0 Å². The lowest BCUT2D eigenvalue weighted by molar-refractivity contribution is 0.310. The Hall–Kier alpha value is -3.97. The number of allylic oxidation sites excluding steroid dienone is 6. The van der Waals surface area contributed by atoms with Crippen LogP contribution in [0.1, 0.15) is 28.7 Å². The summed E-state index contributed by atoms with van der Waals surface area (Å²) < 4.78 is 5.57. The number of benzene rings is 2. The van der Waals surface area contributed by atoms with E-state index < -0.39 is 0 Å². The van der Waals surface area contributed by atoms with Gasteiger partial charge in [-0.15, -0.1) is 0 Å². The van der Waals surface area contributed by atoms with Gasteiger partial charge in [0.05, 0.1) is 18.1 Å². The minimum atomic E-state index is 0.240. The monoisotopic (exact) mass is 469 g/mol. The van der Waals surface area contributed by atoms with Gasteiger partial charge in [-0.3, -0.25) is 4.90 Å². The van der Waals surface area contributed by atoms with Crippen LogP contribution in [0.2, 0.25) is 0 Å². The maximum absolute atomic E-state index is 11.0. The highest BCUT2D eigenvalue weighted by atomic mass is 16.5. The molecular formula is C28H31N5O2. The largest absolute Gasteiger partial charge is 0.508 e. The smallest absolute Gasteiger partial charge is 0.209 e. The molecule has 0 saturated carbocycles. The fourth-order valence-corrected chi connectivity index (χ4v) is 4.68. The van der Waals surface area contributed by atoms with E-state index in [0.29, 0.717) is 18.2 Å². The molecule has 1 aromatic heterocycles. The summed E-state index contributed by atoms with van der Waals surface area (Å²) in [7, 11) is 5.39. The fourth-order valence-electron chi connectivity index (χ4n) is 4.68. The Bertz CT molecular complexity index is 1320. The van der Waals surface area contributed by atoms with Crippen LogP contribution in [0.25, 0.3) is 16.6 Å². The van der Waals surface area contributed by atoms with Gasteiger partial charge in [0, 0.05) is 39.2 Å². The molecule has 3 aromatic rings. The number of anilines is 1. The first kappa shape index (κ1) is 22.8. The van der Waals surface area contributed by atoms with Gasteiger partial charge in [0.2, 0.25) is 5.95 Å². The van der Waals surface area contributed by atoms with Crippen molar-refractivity contribution in [3.8, 4) is 0 Å². The Balaban J connectivity index is 1.36. The van der Waals surface area contributed by atoms with Gasteiger partial charge in [0.15, 0.2) is 0 Å². The van der Waals surface area contributed by atoms with Crippen LogP contribution in [0.5, 0.6) is 0 Å². The molecule has 2 heterocycles. The summed E-state index contributed by atoms with van der Waals surface area (Å²) in [5.41, 5.74) is 7.64. The van der Waals surface area contributed by atoms with Crippen molar-refractivity contribution in [3.63, 3.8) is 0 Å². The minimum Gasteiger partial charge on any atom is -0.508 e. The van der Waals surface area contributed by atoms with Gasteiger partial charge in [-0.2, -0.15) is 0 Å². The van der Waals surface area contributed by atoms with E-state index in [1.165, 1.54) is 11.1 Å². The molecule has 0 amide bonds. The highest BCUT2D eigenvalue weighted by Gasteiger charge is 2.18. The number of nitrogens with one attached hydrogen (secondary N) is 3. The number of nitrogens with zero attached hydrogens (tertiary/aromatic N) is 2. The van der Waals surface area contributed by atoms with E-state index in [0.717, 1.165) is 53.0 Å². The normalized spacial score (nSPS) is 15.7. The van der Waals surface area contributed by atoms with Crippen molar-refractivity contribution in [2.45, 2.75) is 25.9 Å². The predicted octanol–water partition coefficient (Wildman–Crippen LogP) is 4.67. The third kappa shape index (κ3) is 4.55. The third-order valence-electron chi connectivity index (χ3n) is 6.55. The molecule has 4 N–H and O–H groups in total. The SMILES string of the molecule is CN/C(=C(/O)Cc1ccc(C2=CC=CCC=C2OC)cc1)N(C)c1nc2cc3c(cc2[nH]1)CNC3. The number of H-pyrrole nitrogens is 1.